The number of hydrogen-bond acceptors (Lipinski definition) is 3. The zero-order valence-electron chi connectivity index (χ0n) is 19.3. The van der Waals surface area contributed by atoms with Gasteiger partial charge in [-0.25, -0.2) is 4.79 Å². The zero-order valence-corrected chi connectivity index (χ0v) is 19.3. The summed E-state index contributed by atoms with van der Waals surface area (Å²) < 4.78 is 5.93. The SMILES string of the molecule is CN=C(NCc1ccc(NC(=O)NC(C)C)cc1)N1CCC(COCc2ccccc2)C1. The van der Waals surface area contributed by atoms with E-state index in [2.05, 4.69) is 38.0 Å². The van der Waals surface area contributed by atoms with Crippen LogP contribution in [0.3, 0.4) is 0 Å². The highest BCUT2D eigenvalue weighted by Gasteiger charge is 2.24. The summed E-state index contributed by atoms with van der Waals surface area (Å²) in [6.07, 6.45) is 1.11. The van der Waals surface area contributed by atoms with Crippen molar-refractivity contribution in [1.29, 1.82) is 0 Å². The lowest BCUT2D eigenvalue weighted by Gasteiger charge is -2.22. The molecule has 1 atom stereocenters. The minimum atomic E-state index is -0.192. The second-order valence-electron chi connectivity index (χ2n) is 8.45. The molecule has 7 heteroatoms. The van der Waals surface area contributed by atoms with E-state index < -0.39 is 0 Å². The predicted molar refractivity (Wildman–Crippen MR) is 130 cm³/mol. The zero-order chi connectivity index (χ0) is 22.8. The number of likely N-dealkylation sites (tertiary alicyclic amines) is 1. The molecule has 1 saturated heterocycles. The number of guanidine groups is 1. The summed E-state index contributed by atoms with van der Waals surface area (Å²) >= 11 is 0. The molecule has 3 N–H and O–H groups in total. The minimum Gasteiger partial charge on any atom is -0.376 e. The highest BCUT2D eigenvalue weighted by atomic mass is 16.5. The van der Waals surface area contributed by atoms with E-state index in [1.165, 1.54) is 5.56 Å². The van der Waals surface area contributed by atoms with Gasteiger partial charge >= 0.3 is 6.03 Å². The fraction of sp³-hybridized carbons (Fsp3) is 0.440. The Balaban J connectivity index is 1.40. The van der Waals surface area contributed by atoms with E-state index in [-0.39, 0.29) is 12.1 Å². The molecule has 1 heterocycles. The maximum Gasteiger partial charge on any atom is 0.319 e. The van der Waals surface area contributed by atoms with Crippen LogP contribution in [0.1, 0.15) is 31.4 Å². The smallest absolute Gasteiger partial charge is 0.319 e. The highest BCUT2D eigenvalue weighted by molar-refractivity contribution is 5.89. The van der Waals surface area contributed by atoms with Crippen molar-refractivity contribution in [2.45, 2.75) is 39.5 Å². The predicted octanol–water partition coefficient (Wildman–Crippen LogP) is 3.83. The van der Waals surface area contributed by atoms with Crippen molar-refractivity contribution >= 4 is 17.7 Å². The van der Waals surface area contributed by atoms with Gasteiger partial charge in [-0.3, -0.25) is 4.99 Å². The van der Waals surface area contributed by atoms with Crippen LogP contribution < -0.4 is 16.0 Å². The monoisotopic (exact) mass is 437 g/mol. The lowest BCUT2D eigenvalue weighted by Crippen LogP contribution is -2.39. The Morgan fingerprint density at radius 2 is 1.88 bits per heavy atom. The molecule has 32 heavy (non-hydrogen) atoms. The maximum absolute atomic E-state index is 11.8. The van der Waals surface area contributed by atoms with Gasteiger partial charge in [-0.2, -0.15) is 0 Å². The molecule has 0 spiro atoms. The van der Waals surface area contributed by atoms with Crippen LogP contribution in [0.25, 0.3) is 0 Å². The van der Waals surface area contributed by atoms with Gasteiger partial charge in [0.2, 0.25) is 0 Å². The lowest BCUT2D eigenvalue weighted by atomic mass is 10.1. The normalized spacial score (nSPS) is 16.3. The molecule has 0 bridgehead atoms. The van der Waals surface area contributed by atoms with Crippen LogP contribution in [0.5, 0.6) is 0 Å². The standard InChI is InChI=1S/C25H35N5O2/c1-19(2)28-25(31)29-23-11-9-20(10-12-23)15-27-24(26-3)30-14-13-22(16-30)18-32-17-21-7-5-4-6-8-21/h4-12,19,22H,13-18H2,1-3H3,(H,26,27)(H2,28,29,31). The Morgan fingerprint density at radius 1 is 1.12 bits per heavy atom. The van der Waals surface area contributed by atoms with Crippen LogP contribution in [-0.2, 0) is 17.9 Å². The van der Waals surface area contributed by atoms with E-state index in [0.29, 0.717) is 19.1 Å². The van der Waals surface area contributed by atoms with E-state index in [1.807, 2.05) is 63.4 Å². The van der Waals surface area contributed by atoms with E-state index in [0.717, 1.165) is 43.3 Å². The number of ether oxygens (including phenoxy) is 1. The maximum atomic E-state index is 11.8. The van der Waals surface area contributed by atoms with E-state index in [9.17, 15) is 4.79 Å². The summed E-state index contributed by atoms with van der Waals surface area (Å²) in [7, 11) is 1.82. The summed E-state index contributed by atoms with van der Waals surface area (Å²) in [5.74, 6) is 1.42. The number of nitrogens with one attached hydrogen (secondary N) is 3. The second kappa shape index (κ2) is 12.1. The van der Waals surface area contributed by atoms with Gasteiger partial charge in [0.1, 0.15) is 0 Å². The van der Waals surface area contributed by atoms with Crippen molar-refractivity contribution in [3.8, 4) is 0 Å². The fourth-order valence-electron chi connectivity index (χ4n) is 3.73. The summed E-state index contributed by atoms with van der Waals surface area (Å²) in [5, 5.41) is 9.11. The molecule has 0 aromatic heterocycles. The van der Waals surface area contributed by atoms with Crippen molar-refractivity contribution in [2.24, 2.45) is 10.9 Å². The average Bonchev–Trinajstić information content (AvgIpc) is 3.24. The molecule has 3 rings (SSSR count). The van der Waals surface area contributed by atoms with Crippen molar-refractivity contribution in [3.63, 3.8) is 0 Å². The van der Waals surface area contributed by atoms with Crippen molar-refractivity contribution in [2.75, 3.05) is 32.1 Å². The molecule has 7 nitrogen and oxygen atoms in total. The van der Waals surface area contributed by atoms with Crippen LogP contribution in [0.4, 0.5) is 10.5 Å². The molecular weight excluding hydrogens is 402 g/mol. The van der Waals surface area contributed by atoms with Gasteiger partial charge in [-0.15, -0.1) is 0 Å². The van der Waals surface area contributed by atoms with Crippen molar-refractivity contribution in [3.05, 3.63) is 65.7 Å². The number of carbonyl (C=O) groups is 1. The van der Waals surface area contributed by atoms with Crippen LogP contribution >= 0.6 is 0 Å². The topological polar surface area (TPSA) is 78.0 Å². The van der Waals surface area contributed by atoms with E-state index in [1.54, 1.807) is 0 Å². The van der Waals surface area contributed by atoms with Gasteiger partial charge in [-0.05, 0) is 43.5 Å². The molecule has 0 saturated carbocycles. The molecule has 1 aliphatic rings. The molecule has 1 unspecified atom stereocenters. The fourth-order valence-corrected chi connectivity index (χ4v) is 3.73. The summed E-state index contributed by atoms with van der Waals surface area (Å²) in [6, 6.07) is 18.0. The largest absolute Gasteiger partial charge is 0.376 e. The Kier molecular flexibility index (Phi) is 8.92. The van der Waals surface area contributed by atoms with Gasteiger partial charge in [0.15, 0.2) is 5.96 Å². The number of hydrogen-bond donors (Lipinski definition) is 3. The molecule has 0 radical (unpaired) electrons. The van der Waals surface area contributed by atoms with Gasteiger partial charge in [0.05, 0.1) is 13.2 Å². The van der Waals surface area contributed by atoms with Gasteiger partial charge in [-0.1, -0.05) is 42.5 Å². The van der Waals surface area contributed by atoms with Crippen LogP contribution in [0, 0.1) is 5.92 Å². The van der Waals surface area contributed by atoms with E-state index >= 15 is 0 Å². The van der Waals surface area contributed by atoms with Gasteiger partial charge in [0, 0.05) is 44.3 Å². The second-order valence-corrected chi connectivity index (χ2v) is 8.45. The van der Waals surface area contributed by atoms with Crippen molar-refractivity contribution < 1.29 is 9.53 Å². The van der Waals surface area contributed by atoms with Crippen molar-refractivity contribution in [1.82, 2.24) is 15.5 Å². The molecular formula is C25H35N5O2. The quantitative estimate of drug-likeness (QED) is 0.433. The van der Waals surface area contributed by atoms with Crippen LogP contribution in [-0.4, -0.2) is 49.7 Å². The highest BCUT2D eigenvalue weighted by Crippen LogP contribution is 2.18. The number of benzene rings is 2. The van der Waals surface area contributed by atoms with Gasteiger partial charge in [0.25, 0.3) is 0 Å². The first-order valence-electron chi connectivity index (χ1n) is 11.3. The lowest BCUT2D eigenvalue weighted by molar-refractivity contribution is 0.0906. The van der Waals surface area contributed by atoms with Crippen LogP contribution in [0.2, 0.25) is 0 Å². The summed E-state index contributed by atoms with van der Waals surface area (Å²) in [5.41, 5.74) is 3.11. The van der Waals surface area contributed by atoms with E-state index in [4.69, 9.17) is 4.74 Å². The number of carbonyl (C=O) groups excluding carboxylic acids is 1. The number of anilines is 1. The summed E-state index contributed by atoms with van der Waals surface area (Å²) in [4.78, 5) is 18.6. The Hall–Kier alpha value is -3.06. The minimum absolute atomic E-state index is 0.103. The molecule has 0 aliphatic carbocycles. The molecule has 172 valence electrons. The first-order chi connectivity index (χ1) is 15.5. The van der Waals surface area contributed by atoms with Crippen LogP contribution in [0.15, 0.2) is 59.6 Å². The third-order valence-corrected chi connectivity index (χ3v) is 5.34. The number of urea groups is 1. The first kappa shape index (κ1) is 23.6. The number of rotatable bonds is 8. The molecule has 1 aliphatic heterocycles. The number of nitrogens with zero attached hydrogens (tertiary/aromatic N) is 2. The summed E-state index contributed by atoms with van der Waals surface area (Å²) in [6.45, 7) is 7.89. The average molecular weight is 438 g/mol. The molecule has 2 aromatic rings. The van der Waals surface area contributed by atoms with Gasteiger partial charge < -0.3 is 25.6 Å². The third-order valence-electron chi connectivity index (χ3n) is 5.34. The Morgan fingerprint density at radius 3 is 2.56 bits per heavy atom. The first-order valence-corrected chi connectivity index (χ1v) is 11.3. The molecule has 2 amide bonds. The number of aliphatic imine (C=N–C) groups is 1. The Bertz CT molecular complexity index is 868. The molecule has 2 aromatic carbocycles. The number of amides is 2. The molecule has 1 fully saturated rings. The third kappa shape index (κ3) is 7.57. The Labute approximate surface area is 191 Å².